The normalized spacial score (nSPS) is 10.9. The molecule has 0 aliphatic rings. The van der Waals surface area contributed by atoms with Gasteiger partial charge in [0, 0.05) is 35.5 Å². The fourth-order valence-electron chi connectivity index (χ4n) is 1.92. The number of ether oxygens (including phenoxy) is 3. The van der Waals surface area contributed by atoms with Gasteiger partial charge in [0.2, 0.25) is 0 Å². The van der Waals surface area contributed by atoms with E-state index in [0.717, 1.165) is 22.2 Å². The molecular weight excluding hydrogens is 256 g/mol. The van der Waals surface area contributed by atoms with Crippen molar-refractivity contribution in [3.8, 4) is 5.75 Å². The molecular formula is C15H20N2O3. The largest absolute Gasteiger partial charge is 0.491 e. The highest BCUT2D eigenvalue weighted by Gasteiger charge is 2.06. The number of nitrogens with zero attached hydrogens (tertiary/aromatic N) is 1. The molecule has 0 aliphatic heterocycles. The summed E-state index contributed by atoms with van der Waals surface area (Å²) in [6.45, 7) is 4.13. The molecule has 0 saturated heterocycles. The summed E-state index contributed by atoms with van der Waals surface area (Å²) >= 11 is 0. The number of rotatable bonds is 7. The van der Waals surface area contributed by atoms with Crippen LogP contribution >= 0.6 is 0 Å². The van der Waals surface area contributed by atoms with Gasteiger partial charge in [0.1, 0.15) is 12.4 Å². The molecule has 1 heterocycles. The van der Waals surface area contributed by atoms with Gasteiger partial charge in [-0.05, 0) is 25.1 Å². The van der Waals surface area contributed by atoms with Crippen molar-refractivity contribution in [3.05, 3.63) is 30.1 Å². The summed E-state index contributed by atoms with van der Waals surface area (Å²) in [5, 5.41) is 1.89. The monoisotopic (exact) mass is 276 g/mol. The molecule has 5 nitrogen and oxygen atoms in total. The van der Waals surface area contributed by atoms with E-state index >= 15 is 0 Å². The summed E-state index contributed by atoms with van der Waals surface area (Å²) in [5.41, 5.74) is 7.59. The molecule has 0 bridgehead atoms. The van der Waals surface area contributed by atoms with Crippen LogP contribution in [-0.2, 0) is 9.47 Å². The first-order chi connectivity index (χ1) is 9.72. The fraction of sp³-hybridized carbons (Fsp3) is 0.400. The first-order valence-electron chi connectivity index (χ1n) is 6.56. The van der Waals surface area contributed by atoms with Gasteiger partial charge in [-0.1, -0.05) is 0 Å². The molecule has 1 aromatic heterocycles. The molecule has 0 fully saturated rings. The molecule has 2 rings (SSSR count). The second-order valence-corrected chi connectivity index (χ2v) is 4.48. The van der Waals surface area contributed by atoms with Gasteiger partial charge in [0.25, 0.3) is 0 Å². The van der Waals surface area contributed by atoms with Crippen LogP contribution in [0.2, 0.25) is 0 Å². The number of aromatic nitrogens is 1. The average Bonchev–Trinajstić information content (AvgIpc) is 2.45. The van der Waals surface area contributed by atoms with E-state index in [-0.39, 0.29) is 0 Å². The number of methoxy groups -OCH3 is 1. The Morgan fingerprint density at radius 2 is 1.90 bits per heavy atom. The number of aryl methyl sites for hydroxylation is 1. The van der Waals surface area contributed by atoms with Crippen LogP contribution in [0.4, 0.5) is 5.69 Å². The molecule has 0 amide bonds. The minimum absolute atomic E-state index is 0.490. The van der Waals surface area contributed by atoms with Crippen molar-refractivity contribution in [1.82, 2.24) is 4.98 Å². The Kier molecular flexibility index (Phi) is 5.15. The second-order valence-electron chi connectivity index (χ2n) is 4.48. The maximum atomic E-state index is 5.95. The predicted molar refractivity (Wildman–Crippen MR) is 79.1 cm³/mol. The molecule has 108 valence electrons. The highest BCUT2D eigenvalue weighted by atomic mass is 16.5. The number of pyridine rings is 1. The quantitative estimate of drug-likeness (QED) is 0.620. The maximum Gasteiger partial charge on any atom is 0.127 e. The molecule has 0 atom stereocenters. The number of fused-ring (bicyclic) bond motifs is 1. The molecule has 5 heteroatoms. The van der Waals surface area contributed by atoms with Crippen LogP contribution in [0.5, 0.6) is 5.75 Å². The van der Waals surface area contributed by atoms with Crippen molar-refractivity contribution in [1.29, 1.82) is 0 Å². The smallest absolute Gasteiger partial charge is 0.127 e. The minimum Gasteiger partial charge on any atom is -0.491 e. The summed E-state index contributed by atoms with van der Waals surface area (Å²) in [6, 6.07) is 5.69. The van der Waals surface area contributed by atoms with Crippen molar-refractivity contribution in [2.75, 3.05) is 39.3 Å². The SMILES string of the molecule is COCCOCCOc1ccc(N)c2cnc(C)cc12. The van der Waals surface area contributed by atoms with Crippen LogP contribution in [0.1, 0.15) is 5.69 Å². The van der Waals surface area contributed by atoms with E-state index in [9.17, 15) is 0 Å². The first-order valence-corrected chi connectivity index (χ1v) is 6.56. The fourth-order valence-corrected chi connectivity index (χ4v) is 1.92. The van der Waals surface area contributed by atoms with Gasteiger partial charge in [-0.25, -0.2) is 0 Å². The number of benzene rings is 1. The van der Waals surface area contributed by atoms with Gasteiger partial charge in [-0.3, -0.25) is 4.98 Å². The highest BCUT2D eigenvalue weighted by Crippen LogP contribution is 2.29. The zero-order chi connectivity index (χ0) is 14.4. The Morgan fingerprint density at radius 1 is 1.10 bits per heavy atom. The third-order valence-corrected chi connectivity index (χ3v) is 2.95. The third-order valence-electron chi connectivity index (χ3n) is 2.95. The van der Waals surface area contributed by atoms with Gasteiger partial charge in [-0.15, -0.1) is 0 Å². The molecule has 0 saturated carbocycles. The van der Waals surface area contributed by atoms with Crippen molar-refractivity contribution in [3.63, 3.8) is 0 Å². The molecule has 0 aliphatic carbocycles. The summed E-state index contributed by atoms with van der Waals surface area (Å²) < 4.78 is 16.0. The van der Waals surface area contributed by atoms with E-state index in [2.05, 4.69) is 4.98 Å². The van der Waals surface area contributed by atoms with E-state index in [0.29, 0.717) is 32.1 Å². The Balaban J connectivity index is 2.03. The zero-order valence-electron chi connectivity index (χ0n) is 11.9. The van der Waals surface area contributed by atoms with Crippen molar-refractivity contribution in [2.45, 2.75) is 6.92 Å². The number of nitrogen functional groups attached to an aromatic ring is 1. The van der Waals surface area contributed by atoms with Gasteiger partial charge in [0.05, 0.1) is 19.8 Å². The first kappa shape index (κ1) is 14.6. The van der Waals surface area contributed by atoms with E-state index in [1.807, 2.05) is 25.1 Å². The lowest BCUT2D eigenvalue weighted by Crippen LogP contribution is -2.10. The summed E-state index contributed by atoms with van der Waals surface area (Å²) in [4.78, 5) is 4.27. The van der Waals surface area contributed by atoms with Crippen molar-refractivity contribution in [2.24, 2.45) is 0 Å². The number of hydrogen-bond donors (Lipinski definition) is 1. The lowest BCUT2D eigenvalue weighted by molar-refractivity contribution is 0.0547. The molecule has 2 aromatic rings. The second kappa shape index (κ2) is 7.07. The number of anilines is 1. The Hall–Kier alpha value is -1.85. The molecule has 2 N–H and O–H groups in total. The zero-order valence-corrected chi connectivity index (χ0v) is 11.9. The molecule has 0 spiro atoms. The summed E-state index contributed by atoms with van der Waals surface area (Å²) in [6.07, 6.45) is 1.78. The molecule has 1 aromatic carbocycles. The van der Waals surface area contributed by atoms with Gasteiger partial charge in [0.15, 0.2) is 0 Å². The van der Waals surface area contributed by atoms with E-state index in [1.165, 1.54) is 0 Å². The maximum absolute atomic E-state index is 5.95. The Bertz CT molecular complexity index is 572. The molecule has 0 radical (unpaired) electrons. The van der Waals surface area contributed by atoms with Crippen LogP contribution < -0.4 is 10.5 Å². The lowest BCUT2D eigenvalue weighted by atomic mass is 10.1. The Labute approximate surface area is 118 Å². The number of nitrogens with two attached hydrogens (primary N) is 1. The Morgan fingerprint density at radius 3 is 2.70 bits per heavy atom. The molecule has 0 unspecified atom stereocenters. The predicted octanol–water partition coefficient (Wildman–Crippen LogP) is 2.17. The third kappa shape index (κ3) is 3.59. The summed E-state index contributed by atoms with van der Waals surface area (Å²) in [7, 11) is 1.65. The topological polar surface area (TPSA) is 66.6 Å². The highest BCUT2D eigenvalue weighted by molar-refractivity contribution is 5.96. The summed E-state index contributed by atoms with van der Waals surface area (Å²) in [5.74, 6) is 0.801. The van der Waals surface area contributed by atoms with Crippen LogP contribution in [0.25, 0.3) is 10.8 Å². The number of hydrogen-bond acceptors (Lipinski definition) is 5. The minimum atomic E-state index is 0.490. The molecule has 20 heavy (non-hydrogen) atoms. The van der Waals surface area contributed by atoms with E-state index in [4.69, 9.17) is 19.9 Å². The average molecular weight is 276 g/mol. The lowest BCUT2D eigenvalue weighted by Gasteiger charge is -2.11. The van der Waals surface area contributed by atoms with Crippen LogP contribution in [0.3, 0.4) is 0 Å². The van der Waals surface area contributed by atoms with Gasteiger partial charge in [-0.2, -0.15) is 0 Å². The van der Waals surface area contributed by atoms with Crippen LogP contribution in [-0.4, -0.2) is 38.5 Å². The standard InChI is InChI=1S/C15H20N2O3/c1-11-9-12-13(10-17-11)14(16)3-4-15(12)20-8-7-19-6-5-18-2/h3-4,9-10H,5-8,16H2,1-2H3. The van der Waals surface area contributed by atoms with Crippen molar-refractivity contribution >= 4 is 16.5 Å². The van der Waals surface area contributed by atoms with Crippen LogP contribution in [0.15, 0.2) is 24.4 Å². The van der Waals surface area contributed by atoms with E-state index < -0.39 is 0 Å². The van der Waals surface area contributed by atoms with Gasteiger partial charge < -0.3 is 19.9 Å². The van der Waals surface area contributed by atoms with Crippen LogP contribution in [0, 0.1) is 6.92 Å². The van der Waals surface area contributed by atoms with Crippen molar-refractivity contribution < 1.29 is 14.2 Å². The van der Waals surface area contributed by atoms with Gasteiger partial charge >= 0.3 is 0 Å². The van der Waals surface area contributed by atoms with E-state index in [1.54, 1.807) is 13.3 Å².